The monoisotopic (exact) mass is 597 g/mol. The van der Waals surface area contributed by atoms with Gasteiger partial charge < -0.3 is 15.1 Å². The summed E-state index contributed by atoms with van der Waals surface area (Å²) < 4.78 is 65.1. The van der Waals surface area contributed by atoms with E-state index >= 15 is 0 Å². The Morgan fingerprint density at radius 2 is 1.60 bits per heavy atom. The molecule has 2 unspecified atom stereocenters. The van der Waals surface area contributed by atoms with E-state index < -0.39 is 24.6 Å². The van der Waals surface area contributed by atoms with E-state index in [0.717, 1.165) is 66.7 Å². The van der Waals surface area contributed by atoms with Gasteiger partial charge in [0.1, 0.15) is 0 Å². The highest BCUT2D eigenvalue weighted by atomic mass is 19.4. The zero-order valence-corrected chi connectivity index (χ0v) is 23.5. The second kappa shape index (κ2) is 11.4. The van der Waals surface area contributed by atoms with Crippen LogP contribution in [-0.4, -0.2) is 65.9 Å². The highest BCUT2D eigenvalue weighted by molar-refractivity contribution is 6.00. The van der Waals surface area contributed by atoms with Crippen molar-refractivity contribution in [3.05, 3.63) is 94.5 Å². The van der Waals surface area contributed by atoms with E-state index in [1.807, 2.05) is 64.8 Å². The Labute approximate surface area is 246 Å². The minimum Gasteiger partial charge on any atom is -0.346 e. The molecule has 226 valence electrons. The number of benzene rings is 3. The number of alkyl halides is 5. The minimum atomic E-state index is -5.75. The Morgan fingerprint density at radius 1 is 0.884 bits per heavy atom. The SMILES string of the molecule is O=C(NCC(F)(F)C(F)(F)F)c1cccc2c1C(CCCCN1CCC(N3Cc4ccccc4C3=O)C1)c1ccccc1-2. The molecule has 0 aromatic heterocycles. The molecule has 6 rings (SSSR count). The molecule has 0 spiro atoms. The lowest BCUT2D eigenvalue weighted by Gasteiger charge is -2.24. The molecule has 3 aromatic carbocycles. The van der Waals surface area contributed by atoms with E-state index in [0.29, 0.717) is 18.5 Å². The Morgan fingerprint density at radius 3 is 2.37 bits per heavy atom. The first-order chi connectivity index (χ1) is 20.5. The van der Waals surface area contributed by atoms with Crippen LogP contribution in [0.2, 0.25) is 0 Å². The molecule has 0 bridgehead atoms. The van der Waals surface area contributed by atoms with Crippen LogP contribution in [0.3, 0.4) is 0 Å². The first-order valence-electron chi connectivity index (χ1n) is 14.6. The van der Waals surface area contributed by atoms with E-state index in [-0.39, 0.29) is 23.4 Å². The summed E-state index contributed by atoms with van der Waals surface area (Å²) in [5, 5.41) is 1.82. The summed E-state index contributed by atoms with van der Waals surface area (Å²) in [4.78, 5) is 30.2. The maximum absolute atomic E-state index is 13.5. The number of halogens is 5. The van der Waals surface area contributed by atoms with Gasteiger partial charge in [-0.25, -0.2) is 0 Å². The molecule has 0 saturated carbocycles. The lowest BCUT2D eigenvalue weighted by atomic mass is 9.88. The molecular formula is C33H32F5N3O2. The lowest BCUT2D eigenvalue weighted by molar-refractivity contribution is -0.278. The predicted molar refractivity (Wildman–Crippen MR) is 152 cm³/mol. The second-order valence-electron chi connectivity index (χ2n) is 11.6. The summed E-state index contributed by atoms with van der Waals surface area (Å²) in [6.45, 7) is 1.43. The molecule has 5 nitrogen and oxygen atoms in total. The molecule has 1 saturated heterocycles. The van der Waals surface area contributed by atoms with Crippen molar-refractivity contribution in [3.8, 4) is 11.1 Å². The number of hydrogen-bond acceptors (Lipinski definition) is 3. The molecule has 2 aliphatic heterocycles. The molecule has 43 heavy (non-hydrogen) atoms. The predicted octanol–water partition coefficient (Wildman–Crippen LogP) is 6.63. The van der Waals surface area contributed by atoms with E-state index in [4.69, 9.17) is 0 Å². The Bertz CT molecular complexity index is 1540. The average Bonchev–Trinajstić information content (AvgIpc) is 3.68. The van der Waals surface area contributed by atoms with Crippen molar-refractivity contribution < 1.29 is 31.5 Å². The van der Waals surface area contributed by atoms with Gasteiger partial charge in [-0.05, 0) is 65.8 Å². The van der Waals surface area contributed by atoms with Crippen LogP contribution in [0.15, 0.2) is 66.7 Å². The lowest BCUT2D eigenvalue weighted by Crippen LogP contribution is -2.46. The summed E-state index contributed by atoms with van der Waals surface area (Å²) >= 11 is 0. The third-order valence-corrected chi connectivity index (χ3v) is 8.97. The van der Waals surface area contributed by atoms with Gasteiger partial charge >= 0.3 is 12.1 Å². The van der Waals surface area contributed by atoms with Crippen LogP contribution >= 0.6 is 0 Å². The van der Waals surface area contributed by atoms with Crippen molar-refractivity contribution in [1.29, 1.82) is 0 Å². The highest BCUT2D eigenvalue weighted by Gasteiger charge is 2.57. The molecule has 2 amide bonds. The maximum Gasteiger partial charge on any atom is 0.455 e. The quantitative estimate of drug-likeness (QED) is 0.223. The topological polar surface area (TPSA) is 52.7 Å². The van der Waals surface area contributed by atoms with Crippen molar-refractivity contribution in [3.63, 3.8) is 0 Å². The first kappa shape index (κ1) is 29.3. The van der Waals surface area contributed by atoms with E-state index in [9.17, 15) is 31.5 Å². The number of rotatable bonds is 9. The molecule has 10 heteroatoms. The number of amides is 2. The Balaban J connectivity index is 1.09. The number of nitrogens with one attached hydrogen (secondary N) is 1. The summed E-state index contributed by atoms with van der Waals surface area (Å²) in [5.41, 5.74) is 5.42. The van der Waals surface area contributed by atoms with Gasteiger partial charge in [-0.2, -0.15) is 22.0 Å². The molecule has 2 atom stereocenters. The van der Waals surface area contributed by atoms with Crippen LogP contribution in [0, 0.1) is 0 Å². The van der Waals surface area contributed by atoms with Gasteiger partial charge in [-0.15, -0.1) is 0 Å². The van der Waals surface area contributed by atoms with E-state index in [1.165, 1.54) is 6.07 Å². The van der Waals surface area contributed by atoms with Crippen LogP contribution in [-0.2, 0) is 6.54 Å². The van der Waals surface area contributed by atoms with Crippen LogP contribution in [0.1, 0.15) is 69.0 Å². The fraction of sp³-hybridized carbons (Fsp3) is 0.394. The van der Waals surface area contributed by atoms with Crippen LogP contribution in [0.5, 0.6) is 0 Å². The van der Waals surface area contributed by atoms with Crippen molar-refractivity contribution in [2.45, 2.75) is 56.3 Å². The second-order valence-corrected chi connectivity index (χ2v) is 11.6. The van der Waals surface area contributed by atoms with E-state index in [1.54, 1.807) is 6.07 Å². The third-order valence-electron chi connectivity index (χ3n) is 8.97. The molecule has 1 fully saturated rings. The van der Waals surface area contributed by atoms with Crippen molar-refractivity contribution >= 4 is 11.8 Å². The fourth-order valence-electron chi connectivity index (χ4n) is 6.79. The zero-order chi connectivity index (χ0) is 30.4. The maximum atomic E-state index is 13.5. The van der Waals surface area contributed by atoms with Gasteiger partial charge in [0.25, 0.3) is 11.8 Å². The largest absolute Gasteiger partial charge is 0.455 e. The van der Waals surface area contributed by atoms with Crippen molar-refractivity contribution in [2.75, 3.05) is 26.2 Å². The summed E-state index contributed by atoms with van der Waals surface area (Å²) in [6.07, 6.45) is -2.40. The van der Waals surface area contributed by atoms with Gasteiger partial charge in [0.2, 0.25) is 0 Å². The summed E-state index contributed by atoms with van der Waals surface area (Å²) in [7, 11) is 0. The van der Waals surface area contributed by atoms with Crippen LogP contribution in [0.25, 0.3) is 11.1 Å². The first-order valence-corrected chi connectivity index (χ1v) is 14.6. The average molecular weight is 598 g/mol. The number of fused-ring (bicyclic) bond motifs is 4. The molecule has 2 heterocycles. The van der Waals surface area contributed by atoms with Gasteiger partial charge in [0.15, 0.2) is 0 Å². The molecule has 0 radical (unpaired) electrons. The number of nitrogens with zero attached hydrogens (tertiary/aromatic N) is 2. The van der Waals surface area contributed by atoms with Crippen LogP contribution in [0.4, 0.5) is 22.0 Å². The molecule has 1 N–H and O–H groups in total. The standard InChI is InChI=1S/C33H32F5N3O2/c34-32(35,33(36,37)38)20-39-30(42)28-14-7-13-27-25-11-4-3-10-24(25)26(29(27)28)12-5-6-16-40-17-15-22(19-40)41-18-21-8-1-2-9-23(21)31(41)43/h1-4,7-11,13-14,22,26H,5-6,12,15-20H2,(H,39,42). The van der Waals surface area contributed by atoms with Crippen molar-refractivity contribution in [1.82, 2.24) is 15.1 Å². The highest BCUT2D eigenvalue weighted by Crippen LogP contribution is 2.48. The number of hydrogen-bond donors (Lipinski definition) is 1. The molecular weight excluding hydrogens is 565 g/mol. The Kier molecular flexibility index (Phi) is 7.75. The van der Waals surface area contributed by atoms with Crippen LogP contribution < -0.4 is 5.32 Å². The normalized spacial score (nSPS) is 19.8. The number of carbonyl (C=O) groups is 2. The molecule has 3 aromatic rings. The number of likely N-dealkylation sites (tertiary alicyclic amines) is 1. The van der Waals surface area contributed by atoms with Gasteiger partial charge in [0.05, 0.1) is 6.54 Å². The van der Waals surface area contributed by atoms with Gasteiger partial charge in [-0.3, -0.25) is 9.59 Å². The number of carbonyl (C=O) groups excluding carboxylic acids is 2. The summed E-state index contributed by atoms with van der Waals surface area (Å²) in [5.74, 6) is -6.05. The molecule has 3 aliphatic rings. The minimum absolute atomic E-state index is 0.1000. The van der Waals surface area contributed by atoms with Gasteiger partial charge in [0, 0.05) is 42.7 Å². The fourth-order valence-corrected chi connectivity index (χ4v) is 6.79. The smallest absolute Gasteiger partial charge is 0.346 e. The summed E-state index contributed by atoms with van der Waals surface area (Å²) in [6, 6.07) is 20.6. The van der Waals surface area contributed by atoms with E-state index in [2.05, 4.69) is 4.90 Å². The third kappa shape index (κ3) is 5.53. The zero-order valence-electron chi connectivity index (χ0n) is 23.5. The van der Waals surface area contributed by atoms with Gasteiger partial charge in [-0.1, -0.05) is 61.0 Å². The van der Waals surface area contributed by atoms with Crippen molar-refractivity contribution in [2.24, 2.45) is 0 Å². The molecule has 1 aliphatic carbocycles. The number of unbranched alkanes of at least 4 members (excludes halogenated alkanes) is 1. The Hall–Kier alpha value is -3.79.